The van der Waals surface area contributed by atoms with E-state index in [1.807, 2.05) is 109 Å². The summed E-state index contributed by atoms with van der Waals surface area (Å²) in [5.41, 5.74) is 11.4. The maximum Gasteiger partial charge on any atom is 0.416 e. The lowest BCUT2D eigenvalue weighted by Gasteiger charge is -2.42. The largest absolute Gasteiger partial charge is 0.493 e. The van der Waals surface area contributed by atoms with Crippen molar-refractivity contribution in [2.45, 2.75) is 161 Å². The van der Waals surface area contributed by atoms with Gasteiger partial charge in [-0.2, -0.15) is 19.2 Å². The number of hydrogen-bond acceptors (Lipinski definition) is 20. The van der Waals surface area contributed by atoms with Crippen molar-refractivity contribution < 1.29 is 95.4 Å². The van der Waals surface area contributed by atoms with Crippen LogP contribution in [0.1, 0.15) is 161 Å². The molecule has 0 radical (unpaired) electrons. The van der Waals surface area contributed by atoms with Gasteiger partial charge in [0.1, 0.15) is 36.1 Å². The van der Waals surface area contributed by atoms with Crippen LogP contribution in [0.25, 0.3) is 22.3 Å². The minimum absolute atomic E-state index is 0.0155. The predicted molar refractivity (Wildman–Crippen MR) is 455 cm³/mol. The molecule has 6 atom stereocenters. The number of nitrogens with zero attached hydrogens (tertiary/aromatic N) is 8. The first kappa shape index (κ1) is 90.8. The van der Waals surface area contributed by atoms with Crippen molar-refractivity contribution in [2.75, 3.05) is 83.8 Å². The molecule has 4 aromatic heterocycles. The van der Waals surface area contributed by atoms with Crippen molar-refractivity contribution in [1.29, 1.82) is 0 Å². The van der Waals surface area contributed by atoms with Crippen LogP contribution in [0.5, 0.6) is 11.5 Å². The average Bonchev–Trinajstić information content (AvgIpc) is 1.62. The van der Waals surface area contributed by atoms with Crippen LogP contribution in [0.4, 0.5) is 43.7 Å². The molecule has 4 unspecified atom stereocenters. The molecule has 8 aromatic rings. The highest BCUT2D eigenvalue weighted by atomic mass is 16.7. The van der Waals surface area contributed by atoms with Gasteiger partial charge in [0.05, 0.1) is 59.2 Å². The second kappa shape index (κ2) is 43.5. The highest BCUT2D eigenvalue weighted by Gasteiger charge is 2.49. The molecule has 32 heteroatoms. The van der Waals surface area contributed by atoms with E-state index >= 15 is 0 Å². The van der Waals surface area contributed by atoms with Crippen LogP contribution >= 0.6 is 0 Å². The molecule has 4 saturated heterocycles. The van der Waals surface area contributed by atoms with E-state index in [0.29, 0.717) is 144 Å². The zero-order chi connectivity index (χ0) is 87.8. The number of benzene rings is 4. The Kier molecular flexibility index (Phi) is 32.1. The van der Waals surface area contributed by atoms with Crippen LogP contribution in [0, 0.1) is 20.8 Å². The van der Waals surface area contributed by atoms with Gasteiger partial charge in [-0.3, -0.25) is 28.8 Å². The van der Waals surface area contributed by atoms with Gasteiger partial charge < -0.3 is 87.2 Å². The van der Waals surface area contributed by atoms with E-state index in [-0.39, 0.29) is 87.0 Å². The molecule has 0 aliphatic carbocycles. The van der Waals surface area contributed by atoms with Gasteiger partial charge in [-0.15, -0.1) is 0 Å². The first-order valence-electron chi connectivity index (χ1n) is 41.3. The topological polar surface area (TPSA) is 359 Å². The molecule has 10 heterocycles. The Bertz CT molecular complexity index is 5120. The third-order valence-electron chi connectivity index (χ3n) is 21.9. The fraction of sp³-hybridized carbons (Fsp3) is 0.407. The quantitative estimate of drug-likeness (QED) is 0.0289. The van der Waals surface area contributed by atoms with E-state index in [9.17, 15) is 38.4 Å². The lowest BCUT2D eigenvalue weighted by Crippen LogP contribution is -2.57. The van der Waals surface area contributed by atoms with E-state index in [1.54, 1.807) is 72.0 Å². The fourth-order valence-electron chi connectivity index (χ4n) is 15.8. The molecule has 0 saturated carbocycles. The molecule has 0 spiro atoms. The van der Waals surface area contributed by atoms with Gasteiger partial charge in [0.15, 0.2) is 25.0 Å². The molecule has 4 N–H and O–H groups in total. The lowest BCUT2D eigenvalue weighted by molar-refractivity contribution is -0.199. The Labute approximate surface area is 713 Å². The normalized spacial score (nSPS) is 18.2. The van der Waals surface area contributed by atoms with Crippen LogP contribution in [0.3, 0.4) is 0 Å². The third-order valence-corrected chi connectivity index (χ3v) is 21.9. The maximum atomic E-state index is 14.2. The van der Waals surface area contributed by atoms with Crippen molar-refractivity contribution in [3.63, 3.8) is 0 Å². The van der Waals surface area contributed by atoms with Crippen molar-refractivity contribution in [3.8, 4) is 33.8 Å². The SMILES string of the molecule is C=CCOC(=O)N1c2cc(OCCCC(=O)Nc3cc(C(=O)Nc4ccc(-c5cc(C)n(C)c5)cc4)n(C)c3)c(C)cc2C(=O)N2CCCC[C@H]2C1OC1CCCCO1.C=CCOC(=O)N1c2cc(OCCCC(=O)Nc3cc(C(=O)Nc4ccc(-c5ccn(C)c5)cc4)n(C)c3)c(C)cc2C(=O)N2CCCC[C@H]2C1OC1CCCCO1.O=C=O.O=C=O. The number of carbonyl (C=O) groups excluding carboxylic acids is 12. The fourth-order valence-corrected chi connectivity index (χ4v) is 15.8. The number of piperidine rings is 2. The number of anilines is 6. The Morgan fingerprint density at radius 1 is 0.480 bits per heavy atom. The van der Waals surface area contributed by atoms with E-state index < -0.39 is 49.3 Å². The molecule has 650 valence electrons. The average molecular weight is 1690 g/mol. The van der Waals surface area contributed by atoms with Gasteiger partial charge in [0.25, 0.3) is 23.6 Å². The molecule has 4 fully saturated rings. The zero-order valence-electron chi connectivity index (χ0n) is 70.4. The summed E-state index contributed by atoms with van der Waals surface area (Å²) in [6.07, 6.45) is 19.9. The highest BCUT2D eigenvalue weighted by molar-refractivity contribution is 6.08. The lowest BCUT2D eigenvalue weighted by atomic mass is 10.00. The Balaban J connectivity index is 0.000000225. The molecule has 6 aliphatic heterocycles. The Hall–Kier alpha value is -13.0. The molecule has 0 bridgehead atoms. The highest BCUT2D eigenvalue weighted by Crippen LogP contribution is 2.43. The first-order valence-corrected chi connectivity index (χ1v) is 41.3. The number of amides is 8. The third kappa shape index (κ3) is 23.2. The van der Waals surface area contributed by atoms with Crippen LogP contribution < -0.4 is 40.5 Å². The van der Waals surface area contributed by atoms with Crippen molar-refractivity contribution in [2.24, 2.45) is 28.2 Å². The van der Waals surface area contributed by atoms with Crippen molar-refractivity contribution >= 4 is 94.1 Å². The van der Waals surface area contributed by atoms with Gasteiger partial charge in [0, 0.05) is 128 Å². The number of fused-ring (bicyclic) bond motifs is 4. The molecular weight excluding hydrogens is 1580 g/mol. The van der Waals surface area contributed by atoms with Crippen LogP contribution in [0.2, 0.25) is 0 Å². The number of carbonyl (C=O) groups is 8. The minimum atomic E-state index is -0.847. The molecule has 6 aliphatic rings. The van der Waals surface area contributed by atoms with E-state index in [2.05, 4.69) is 58.2 Å². The minimum Gasteiger partial charge on any atom is -0.493 e. The second-order valence-electron chi connectivity index (χ2n) is 30.7. The van der Waals surface area contributed by atoms with Gasteiger partial charge in [-0.05, 0) is 205 Å². The standard InChI is InChI=1S/C45H54N6O8.C44H52N6O8.2CO2/c1-6-20-58-45(55)51-37-26-39(29(2)23-35(37)43(54)50-19-9-7-12-36(50)44(51)59-41-14-8-10-21-57-41)56-22-11-13-40(52)46-34-25-38(49(5)28-34)42(53)47-33-17-15-31(16-18-33)32-24-30(3)48(4)27-32;1-5-21-57-44(54)50-36-26-38(29(2)24-34(36)42(53)49-19-8-6-11-35(49)43(50)58-40-13-7-9-22-56-40)55-23-10-12-39(51)45-33-25-37(48(4)28-33)41(52)46-32-16-14-30(15-17-32)31-18-20-47(3)27-31;2*2-1-3/h6,15-18,23-28,36,41,44H,1,7-14,19-22H2,2-5H3,(H,46,52)(H,47,53);5,14-18,20,24-28,35,40,43H,1,6-13,19,21-23H2,2-4H3,(H,45,51)(H,46,52);;/t36-,41?,44?;35-,40?,43?;;/m00../s1. The van der Waals surface area contributed by atoms with Gasteiger partial charge >= 0.3 is 24.5 Å². The summed E-state index contributed by atoms with van der Waals surface area (Å²) in [7, 11) is 7.47. The second-order valence-corrected chi connectivity index (χ2v) is 30.7. The summed E-state index contributed by atoms with van der Waals surface area (Å²) in [6.45, 7) is 15.7. The van der Waals surface area contributed by atoms with Crippen LogP contribution in [0.15, 0.2) is 153 Å². The van der Waals surface area contributed by atoms with Crippen LogP contribution in [-0.2, 0) is 85.4 Å². The molecular formula is C91H106N12O20. The number of rotatable bonds is 26. The number of hydrogen-bond donors (Lipinski definition) is 4. The monoisotopic (exact) mass is 1690 g/mol. The zero-order valence-corrected chi connectivity index (χ0v) is 70.4. The summed E-state index contributed by atoms with van der Waals surface area (Å²) in [4.78, 5) is 148. The van der Waals surface area contributed by atoms with Gasteiger partial charge in [-0.25, -0.2) is 19.4 Å². The van der Waals surface area contributed by atoms with E-state index in [1.165, 1.54) is 22.0 Å². The summed E-state index contributed by atoms with van der Waals surface area (Å²) < 4.78 is 56.1. The summed E-state index contributed by atoms with van der Waals surface area (Å²) in [6, 6.07) is 28.8. The predicted octanol–water partition coefficient (Wildman–Crippen LogP) is 13.9. The van der Waals surface area contributed by atoms with Crippen LogP contribution in [-0.4, -0.2) is 178 Å². The first-order chi connectivity index (χ1) is 59.4. The molecule has 14 rings (SSSR count). The number of aromatic nitrogens is 4. The van der Waals surface area contributed by atoms with Gasteiger partial charge in [0.2, 0.25) is 11.8 Å². The van der Waals surface area contributed by atoms with Gasteiger partial charge in [-0.1, -0.05) is 49.6 Å². The summed E-state index contributed by atoms with van der Waals surface area (Å²) in [5, 5.41) is 11.6. The smallest absolute Gasteiger partial charge is 0.416 e. The number of aryl methyl sites for hydroxylation is 7. The molecule has 123 heavy (non-hydrogen) atoms. The maximum absolute atomic E-state index is 14.2. The van der Waals surface area contributed by atoms with Crippen molar-refractivity contribution in [1.82, 2.24) is 28.1 Å². The Morgan fingerprint density at radius 3 is 1.28 bits per heavy atom. The molecule has 8 amide bonds. The molecule has 32 nitrogen and oxygen atoms in total. The number of ether oxygens (including phenoxy) is 8. The number of nitrogens with one attached hydrogen (secondary N) is 4. The van der Waals surface area contributed by atoms with E-state index in [4.69, 9.17) is 57.1 Å². The summed E-state index contributed by atoms with van der Waals surface area (Å²) in [5.74, 6) is -0.496. The molecule has 4 aromatic carbocycles. The van der Waals surface area contributed by atoms with Crippen molar-refractivity contribution in [3.05, 3.63) is 193 Å². The summed E-state index contributed by atoms with van der Waals surface area (Å²) >= 11 is 0. The van der Waals surface area contributed by atoms with E-state index in [0.717, 1.165) is 79.3 Å². The Morgan fingerprint density at radius 2 is 0.902 bits per heavy atom.